The van der Waals surface area contributed by atoms with E-state index in [2.05, 4.69) is 15.4 Å². The lowest BCUT2D eigenvalue weighted by atomic mass is 10.0. The lowest BCUT2D eigenvalue weighted by Crippen LogP contribution is -2.51. The molecule has 1 aliphatic heterocycles. The van der Waals surface area contributed by atoms with Crippen LogP contribution < -0.4 is 15.4 Å². The Labute approximate surface area is 199 Å². The molecule has 2 rings (SSSR count). The maximum Gasteiger partial charge on any atom is 0.338 e. The summed E-state index contributed by atoms with van der Waals surface area (Å²) in [4.78, 5) is 24.3. The number of amides is 1. The van der Waals surface area contributed by atoms with Crippen molar-refractivity contribution < 1.29 is 37.0 Å². The van der Waals surface area contributed by atoms with Crippen molar-refractivity contribution in [2.75, 3.05) is 19.7 Å². The summed E-state index contributed by atoms with van der Waals surface area (Å²) in [5.74, 6) is -1.21. The Bertz CT molecular complexity index is 912. The van der Waals surface area contributed by atoms with Crippen molar-refractivity contribution in [3.8, 4) is 0 Å². The first kappa shape index (κ1) is 28.1. The number of hydrogen-bond donors (Lipinski definition) is 4. The van der Waals surface area contributed by atoms with E-state index in [0.29, 0.717) is 25.8 Å². The van der Waals surface area contributed by atoms with Crippen molar-refractivity contribution in [1.82, 2.24) is 15.4 Å². The van der Waals surface area contributed by atoms with Gasteiger partial charge in [0.2, 0.25) is 15.9 Å². The van der Waals surface area contributed by atoms with Gasteiger partial charge in [0.05, 0.1) is 17.5 Å². The highest BCUT2D eigenvalue weighted by molar-refractivity contribution is 7.89. The monoisotopic (exact) mass is 503 g/mol. The van der Waals surface area contributed by atoms with E-state index in [1.807, 2.05) is 13.8 Å². The van der Waals surface area contributed by atoms with Crippen LogP contribution in [0.25, 0.3) is 0 Å². The number of rotatable bonds is 15. The molecule has 1 amide bonds. The summed E-state index contributed by atoms with van der Waals surface area (Å²) in [5.41, 5.74) is 0. The predicted molar refractivity (Wildman–Crippen MR) is 122 cm³/mol. The molecular weight excluding hydrogens is 469 g/mol. The number of carbonyl (C=O) groups excluding carboxylic acids is 2. The van der Waals surface area contributed by atoms with E-state index in [9.17, 15) is 27.5 Å². The molecule has 10 nitrogen and oxygen atoms in total. The van der Waals surface area contributed by atoms with Crippen LogP contribution in [0.4, 0.5) is 4.39 Å². The first-order valence-corrected chi connectivity index (χ1v) is 12.8. The van der Waals surface area contributed by atoms with Crippen LogP contribution in [-0.2, 0) is 29.1 Å². The van der Waals surface area contributed by atoms with E-state index < -0.39 is 46.3 Å². The normalized spacial score (nSPS) is 19.5. The Morgan fingerprint density at radius 3 is 2.44 bits per heavy atom. The molecule has 12 heteroatoms. The average Bonchev–Trinajstić information content (AvgIpc) is 3.57. The van der Waals surface area contributed by atoms with Gasteiger partial charge in [-0.05, 0) is 56.4 Å². The number of aliphatic hydroxyl groups is 1. The summed E-state index contributed by atoms with van der Waals surface area (Å²) >= 11 is 0. The van der Waals surface area contributed by atoms with Gasteiger partial charge in [0.15, 0.2) is 6.10 Å². The number of halogens is 1. The quantitative estimate of drug-likeness (QED) is 0.118. The largest absolute Gasteiger partial charge is 0.464 e. The number of benzene rings is 1. The highest BCUT2D eigenvalue weighted by atomic mass is 32.2. The zero-order chi connectivity index (χ0) is 25.3. The van der Waals surface area contributed by atoms with Gasteiger partial charge in [-0.1, -0.05) is 13.8 Å². The number of carbonyl (C=O) groups is 2. The summed E-state index contributed by atoms with van der Waals surface area (Å²) < 4.78 is 49.8. The van der Waals surface area contributed by atoms with Gasteiger partial charge in [-0.15, -0.1) is 0 Å². The van der Waals surface area contributed by atoms with Crippen LogP contribution in [-0.4, -0.2) is 69.6 Å². The molecule has 1 aromatic carbocycles. The maximum absolute atomic E-state index is 13.0. The molecule has 1 fully saturated rings. The molecule has 0 saturated carbocycles. The van der Waals surface area contributed by atoms with E-state index >= 15 is 0 Å². The summed E-state index contributed by atoms with van der Waals surface area (Å²) in [6.07, 6.45) is -1.37. The van der Waals surface area contributed by atoms with Crippen LogP contribution >= 0.6 is 0 Å². The van der Waals surface area contributed by atoms with Gasteiger partial charge in [0.25, 0.3) is 0 Å². The number of sulfonamides is 1. The van der Waals surface area contributed by atoms with E-state index in [4.69, 9.17) is 9.47 Å². The second-order valence-electron chi connectivity index (χ2n) is 8.42. The van der Waals surface area contributed by atoms with Crippen molar-refractivity contribution in [3.63, 3.8) is 0 Å². The summed E-state index contributed by atoms with van der Waals surface area (Å²) in [6, 6.07) is 3.84. The van der Waals surface area contributed by atoms with Crippen molar-refractivity contribution in [2.45, 2.75) is 69.4 Å². The molecule has 0 bridgehead atoms. The molecule has 1 aliphatic rings. The first-order valence-electron chi connectivity index (χ1n) is 11.3. The molecule has 1 heterocycles. The molecule has 0 aromatic heterocycles. The molecule has 4 atom stereocenters. The van der Waals surface area contributed by atoms with Crippen LogP contribution in [0.5, 0.6) is 0 Å². The Morgan fingerprint density at radius 1 is 1.18 bits per heavy atom. The van der Waals surface area contributed by atoms with Crippen molar-refractivity contribution in [1.29, 1.82) is 0 Å². The lowest BCUT2D eigenvalue weighted by molar-refractivity contribution is -0.144. The van der Waals surface area contributed by atoms with Crippen LogP contribution in [0.15, 0.2) is 29.2 Å². The van der Waals surface area contributed by atoms with E-state index in [1.165, 1.54) is 12.1 Å². The highest BCUT2D eigenvalue weighted by Gasteiger charge is 2.51. The molecule has 0 unspecified atom stereocenters. The summed E-state index contributed by atoms with van der Waals surface area (Å²) in [5, 5.41) is 15.9. The van der Waals surface area contributed by atoms with Gasteiger partial charge in [-0.25, -0.2) is 22.3 Å². The number of nitrogens with one attached hydrogen (secondary N) is 3. The Hall–Kier alpha value is -2.12. The smallest absolute Gasteiger partial charge is 0.338 e. The molecule has 0 spiro atoms. The average molecular weight is 504 g/mol. The van der Waals surface area contributed by atoms with Crippen molar-refractivity contribution in [3.05, 3.63) is 30.1 Å². The Balaban J connectivity index is 1.73. The third-order valence-electron chi connectivity index (χ3n) is 5.07. The third-order valence-corrected chi connectivity index (χ3v) is 6.55. The van der Waals surface area contributed by atoms with Gasteiger partial charge in [-0.3, -0.25) is 10.1 Å². The van der Waals surface area contributed by atoms with E-state index in [-0.39, 0.29) is 29.9 Å². The fourth-order valence-electron chi connectivity index (χ4n) is 3.29. The summed E-state index contributed by atoms with van der Waals surface area (Å²) in [6.45, 7) is 6.24. The standard InChI is InChI=1S/C22H34FN3O7S/c1-4-32-22(29)19-18(33-19)21(28)26-17(13-14(2)3)20(27)24-11-5-6-12-25-34(30,31)16-9-7-15(23)8-10-16/h7-10,14,17-19,21,25-26,28H,4-6,11-13H2,1-3H3,(H,24,27)/t17-,18-,19-,21+/m0/s1. The molecule has 34 heavy (non-hydrogen) atoms. The number of aliphatic hydroxyl groups excluding tert-OH is 1. The molecular formula is C22H34FN3O7S. The number of ether oxygens (including phenoxy) is 2. The fourth-order valence-corrected chi connectivity index (χ4v) is 4.36. The minimum atomic E-state index is -3.72. The van der Waals surface area contributed by atoms with E-state index in [1.54, 1.807) is 6.92 Å². The molecule has 192 valence electrons. The Kier molecular flexibility index (Phi) is 10.8. The van der Waals surface area contributed by atoms with Gasteiger partial charge in [0, 0.05) is 13.1 Å². The molecule has 1 saturated heterocycles. The van der Waals surface area contributed by atoms with Gasteiger partial charge in [0.1, 0.15) is 18.1 Å². The third kappa shape index (κ3) is 8.91. The zero-order valence-electron chi connectivity index (χ0n) is 19.6. The van der Waals surface area contributed by atoms with Crippen molar-refractivity contribution in [2.24, 2.45) is 5.92 Å². The highest BCUT2D eigenvalue weighted by Crippen LogP contribution is 2.26. The molecule has 4 N–H and O–H groups in total. The molecule has 0 aliphatic carbocycles. The number of epoxide rings is 1. The van der Waals surface area contributed by atoms with Gasteiger partial charge < -0.3 is 19.9 Å². The van der Waals surface area contributed by atoms with Gasteiger partial charge in [-0.2, -0.15) is 0 Å². The number of hydrogen-bond acceptors (Lipinski definition) is 8. The van der Waals surface area contributed by atoms with Crippen LogP contribution in [0, 0.1) is 11.7 Å². The molecule has 1 aromatic rings. The SMILES string of the molecule is CCOC(=O)[C@H]1O[C@@H]1[C@@H](O)N[C@@H](CC(C)C)C(=O)NCCCCNS(=O)(=O)c1ccc(F)cc1. The fraction of sp³-hybridized carbons (Fsp3) is 0.636. The molecule has 0 radical (unpaired) electrons. The Morgan fingerprint density at radius 2 is 1.82 bits per heavy atom. The minimum Gasteiger partial charge on any atom is -0.464 e. The minimum absolute atomic E-state index is 0.0202. The van der Waals surface area contributed by atoms with Gasteiger partial charge >= 0.3 is 5.97 Å². The maximum atomic E-state index is 13.0. The van der Waals surface area contributed by atoms with Crippen LogP contribution in [0.3, 0.4) is 0 Å². The second-order valence-corrected chi connectivity index (χ2v) is 10.2. The lowest BCUT2D eigenvalue weighted by Gasteiger charge is -2.23. The van der Waals surface area contributed by atoms with E-state index in [0.717, 1.165) is 12.1 Å². The van der Waals surface area contributed by atoms with Crippen LogP contribution in [0.2, 0.25) is 0 Å². The topological polar surface area (TPSA) is 146 Å². The predicted octanol–water partition coefficient (Wildman–Crippen LogP) is 0.654. The first-order chi connectivity index (χ1) is 16.0. The number of unbranched alkanes of at least 4 members (excludes halogenated alkanes) is 1. The van der Waals surface area contributed by atoms with Crippen LogP contribution in [0.1, 0.15) is 40.0 Å². The zero-order valence-corrected chi connectivity index (χ0v) is 20.4. The van der Waals surface area contributed by atoms with Crippen molar-refractivity contribution >= 4 is 21.9 Å². The second kappa shape index (κ2) is 13.1. The number of esters is 1. The summed E-state index contributed by atoms with van der Waals surface area (Å²) in [7, 11) is -3.72.